The van der Waals surface area contributed by atoms with Crippen molar-refractivity contribution in [2.75, 3.05) is 19.8 Å². The fourth-order valence-electron chi connectivity index (χ4n) is 1.46. The molecule has 3 nitrogen and oxygen atoms in total. The highest BCUT2D eigenvalue weighted by Gasteiger charge is 2.29. The van der Waals surface area contributed by atoms with Gasteiger partial charge in [0.1, 0.15) is 0 Å². The number of hydrogen-bond acceptors (Lipinski definition) is 3. The lowest BCUT2D eigenvalue weighted by Crippen LogP contribution is -2.02. The second-order valence-electron chi connectivity index (χ2n) is 5.44. The summed E-state index contributed by atoms with van der Waals surface area (Å²) >= 11 is 0. The van der Waals surface area contributed by atoms with Crippen LogP contribution < -0.4 is 0 Å². The van der Waals surface area contributed by atoms with Crippen molar-refractivity contribution >= 4 is 8.60 Å². The summed E-state index contributed by atoms with van der Waals surface area (Å²) < 4.78 is 17.2. The second-order valence-corrected chi connectivity index (χ2v) is 6.66. The van der Waals surface area contributed by atoms with Gasteiger partial charge in [-0.1, -0.05) is 0 Å². The average Bonchev–Trinajstić information content (AvgIpc) is 3.15. The van der Waals surface area contributed by atoms with E-state index in [1.807, 2.05) is 0 Å². The first kappa shape index (κ1) is 11.4. The fourth-order valence-corrected chi connectivity index (χ4v) is 2.69. The quantitative estimate of drug-likeness (QED) is 0.581. The van der Waals surface area contributed by atoms with Crippen LogP contribution in [0.4, 0.5) is 0 Å². The standard InChI is InChI=1S/C12H21O3P/c1-2-10(1)7-13-16(14-8-11-3-4-11)15-9-12-5-6-12/h10-12H,1-9H2. The van der Waals surface area contributed by atoms with E-state index in [-0.39, 0.29) is 0 Å². The van der Waals surface area contributed by atoms with Crippen molar-refractivity contribution in [2.24, 2.45) is 17.8 Å². The lowest BCUT2D eigenvalue weighted by Gasteiger charge is -2.16. The third-order valence-electron chi connectivity index (χ3n) is 3.34. The topological polar surface area (TPSA) is 27.7 Å². The Kier molecular flexibility index (Phi) is 3.78. The molecule has 0 spiro atoms. The van der Waals surface area contributed by atoms with Crippen LogP contribution in [0.25, 0.3) is 0 Å². The molecule has 0 amide bonds. The molecule has 3 aliphatic carbocycles. The Hall–Kier alpha value is 0.310. The van der Waals surface area contributed by atoms with Gasteiger partial charge in [-0.3, -0.25) is 0 Å². The van der Waals surface area contributed by atoms with E-state index < -0.39 is 8.60 Å². The smallest absolute Gasteiger partial charge is 0.312 e. The molecule has 4 heteroatoms. The molecule has 0 aromatic carbocycles. The van der Waals surface area contributed by atoms with Crippen molar-refractivity contribution in [3.63, 3.8) is 0 Å². The van der Waals surface area contributed by atoms with E-state index in [2.05, 4.69) is 0 Å². The van der Waals surface area contributed by atoms with Crippen LogP contribution in [0, 0.1) is 17.8 Å². The molecule has 16 heavy (non-hydrogen) atoms. The highest BCUT2D eigenvalue weighted by molar-refractivity contribution is 7.41. The molecule has 0 atom stereocenters. The van der Waals surface area contributed by atoms with E-state index in [0.29, 0.717) is 0 Å². The van der Waals surface area contributed by atoms with Gasteiger partial charge in [0.2, 0.25) is 0 Å². The highest BCUT2D eigenvalue weighted by atomic mass is 31.2. The Balaban J connectivity index is 1.33. The van der Waals surface area contributed by atoms with E-state index in [0.717, 1.165) is 37.6 Å². The monoisotopic (exact) mass is 244 g/mol. The Labute approximate surface area is 98.8 Å². The van der Waals surface area contributed by atoms with Crippen LogP contribution >= 0.6 is 8.60 Å². The molecule has 3 fully saturated rings. The highest BCUT2D eigenvalue weighted by Crippen LogP contribution is 2.46. The minimum absolute atomic E-state index is 0.791. The summed E-state index contributed by atoms with van der Waals surface area (Å²) in [5, 5.41) is 0. The van der Waals surface area contributed by atoms with Crippen LogP contribution in [0.2, 0.25) is 0 Å². The predicted octanol–water partition coefficient (Wildman–Crippen LogP) is 3.49. The third-order valence-corrected chi connectivity index (χ3v) is 4.42. The Morgan fingerprint density at radius 3 is 1.19 bits per heavy atom. The molecule has 0 unspecified atom stereocenters. The normalized spacial score (nSPS) is 25.3. The second kappa shape index (κ2) is 5.30. The molecular weight excluding hydrogens is 223 g/mol. The molecule has 0 aromatic rings. The molecule has 0 aromatic heterocycles. The molecule has 0 aliphatic heterocycles. The zero-order valence-electron chi connectivity index (χ0n) is 9.77. The van der Waals surface area contributed by atoms with Gasteiger partial charge in [0.25, 0.3) is 0 Å². The Bertz CT molecular complexity index is 186. The Morgan fingerprint density at radius 2 is 0.938 bits per heavy atom. The molecule has 0 heterocycles. The fraction of sp³-hybridized carbons (Fsp3) is 1.00. The minimum Gasteiger partial charge on any atom is -0.312 e. The summed E-state index contributed by atoms with van der Waals surface area (Å²) in [7, 11) is -1.04. The van der Waals surface area contributed by atoms with Crippen molar-refractivity contribution in [1.82, 2.24) is 0 Å². The van der Waals surface area contributed by atoms with Gasteiger partial charge in [-0.15, -0.1) is 0 Å². The summed E-state index contributed by atoms with van der Waals surface area (Å²) in [5.74, 6) is 2.37. The summed E-state index contributed by atoms with van der Waals surface area (Å²) in [6.07, 6.45) is 7.97. The van der Waals surface area contributed by atoms with Gasteiger partial charge in [0.15, 0.2) is 0 Å². The minimum atomic E-state index is -1.04. The lowest BCUT2D eigenvalue weighted by atomic mass is 10.5. The molecule has 0 saturated heterocycles. The van der Waals surface area contributed by atoms with Crippen molar-refractivity contribution in [3.05, 3.63) is 0 Å². The van der Waals surface area contributed by atoms with E-state index >= 15 is 0 Å². The van der Waals surface area contributed by atoms with Crippen molar-refractivity contribution < 1.29 is 13.6 Å². The van der Waals surface area contributed by atoms with Gasteiger partial charge in [-0.25, -0.2) is 0 Å². The van der Waals surface area contributed by atoms with Crippen LogP contribution in [-0.2, 0) is 13.6 Å². The van der Waals surface area contributed by atoms with Gasteiger partial charge < -0.3 is 13.6 Å². The summed E-state index contributed by atoms with van der Waals surface area (Å²) in [5.41, 5.74) is 0. The maximum Gasteiger partial charge on any atom is 0.332 e. The van der Waals surface area contributed by atoms with Gasteiger partial charge in [-0.05, 0) is 56.3 Å². The predicted molar refractivity (Wildman–Crippen MR) is 62.9 cm³/mol. The first-order valence-electron chi connectivity index (χ1n) is 6.59. The average molecular weight is 244 g/mol. The van der Waals surface area contributed by atoms with Crippen LogP contribution in [0.1, 0.15) is 38.5 Å². The summed E-state index contributed by atoms with van der Waals surface area (Å²) in [4.78, 5) is 0. The maximum absolute atomic E-state index is 5.74. The van der Waals surface area contributed by atoms with Crippen molar-refractivity contribution in [1.29, 1.82) is 0 Å². The zero-order valence-corrected chi connectivity index (χ0v) is 10.7. The van der Waals surface area contributed by atoms with Gasteiger partial charge in [-0.2, -0.15) is 0 Å². The number of rotatable bonds is 9. The van der Waals surface area contributed by atoms with Crippen molar-refractivity contribution in [2.45, 2.75) is 38.5 Å². The zero-order chi connectivity index (χ0) is 10.8. The molecule has 3 rings (SSSR count). The molecule has 0 bridgehead atoms. The lowest BCUT2D eigenvalue weighted by molar-refractivity contribution is 0.147. The van der Waals surface area contributed by atoms with Crippen molar-refractivity contribution in [3.8, 4) is 0 Å². The first-order chi connectivity index (χ1) is 7.90. The SMILES string of the molecule is C1CC1COP(OCC1CC1)OCC1CC1. The maximum atomic E-state index is 5.74. The summed E-state index contributed by atoms with van der Waals surface area (Å²) in [6, 6.07) is 0. The van der Waals surface area contributed by atoms with E-state index in [4.69, 9.17) is 13.6 Å². The third kappa shape index (κ3) is 4.29. The first-order valence-corrected chi connectivity index (χ1v) is 7.68. The molecule has 92 valence electrons. The van der Waals surface area contributed by atoms with Crippen LogP contribution in [0.5, 0.6) is 0 Å². The molecule has 0 N–H and O–H groups in total. The Morgan fingerprint density at radius 1 is 0.625 bits per heavy atom. The molecule has 3 aliphatic rings. The van der Waals surface area contributed by atoms with Gasteiger partial charge in [0.05, 0.1) is 19.8 Å². The number of hydrogen-bond donors (Lipinski definition) is 0. The largest absolute Gasteiger partial charge is 0.332 e. The van der Waals surface area contributed by atoms with E-state index in [1.54, 1.807) is 0 Å². The molecular formula is C12H21O3P. The van der Waals surface area contributed by atoms with Crippen LogP contribution in [0.3, 0.4) is 0 Å². The van der Waals surface area contributed by atoms with E-state index in [1.165, 1.54) is 38.5 Å². The van der Waals surface area contributed by atoms with Gasteiger partial charge >= 0.3 is 8.60 Å². The van der Waals surface area contributed by atoms with Gasteiger partial charge in [0, 0.05) is 0 Å². The van der Waals surface area contributed by atoms with E-state index in [9.17, 15) is 0 Å². The molecule has 3 saturated carbocycles. The van der Waals surface area contributed by atoms with Crippen LogP contribution in [0.15, 0.2) is 0 Å². The summed E-state index contributed by atoms with van der Waals surface area (Å²) in [6.45, 7) is 2.54. The molecule has 0 radical (unpaired) electrons. The van der Waals surface area contributed by atoms with Crippen LogP contribution in [-0.4, -0.2) is 19.8 Å².